The lowest BCUT2D eigenvalue weighted by atomic mass is 9.78. The van der Waals surface area contributed by atoms with Crippen LogP contribution in [0.15, 0.2) is 194 Å². The minimum atomic E-state index is -0.251. The first-order valence-corrected chi connectivity index (χ1v) is 22.9. The van der Waals surface area contributed by atoms with E-state index < -0.39 is 0 Å². The zero-order valence-electron chi connectivity index (χ0n) is 36.5. The highest BCUT2D eigenvalue weighted by molar-refractivity contribution is 6.30. The highest BCUT2D eigenvalue weighted by Crippen LogP contribution is 2.60. The van der Waals surface area contributed by atoms with Crippen molar-refractivity contribution >= 4 is 75.4 Å². The van der Waals surface area contributed by atoms with Gasteiger partial charge in [0.05, 0.1) is 0 Å². The molecule has 2 aliphatic rings. The van der Waals surface area contributed by atoms with Crippen molar-refractivity contribution in [2.75, 3.05) is 0 Å². The second-order valence-electron chi connectivity index (χ2n) is 19.5. The van der Waals surface area contributed by atoms with E-state index in [1.807, 2.05) is 0 Å². The first-order valence-electron chi connectivity index (χ1n) is 22.9. The predicted molar refractivity (Wildman–Crippen MR) is 275 cm³/mol. The Bertz CT molecular complexity index is 3960. The number of hydrogen-bond donors (Lipinski definition) is 0. The molecule has 0 bridgehead atoms. The van der Waals surface area contributed by atoms with Crippen molar-refractivity contribution in [2.45, 2.75) is 38.5 Å². The molecule has 12 aromatic rings. The molecule has 0 saturated carbocycles. The standard InChI is InChI=1S/C64H44/c1-63(2)54-33-32-50-41-23-8-7-21-39(41)40-22-9-12-26-45(40)61(50)62(54)53-36-55-52(35-56(53)63)60-44-25-11-10-24-42(44)51(34-57(60)64(55,3)4)59-48-29-15-13-27-46(48)58(47-28-14-16-30-49(47)59)43-31-17-19-37-18-5-6-20-38(37)43/h5-36H,1-4H3. The van der Waals surface area contributed by atoms with Crippen LogP contribution in [0.4, 0.5) is 0 Å². The van der Waals surface area contributed by atoms with Gasteiger partial charge in [-0.05, 0) is 160 Å². The summed E-state index contributed by atoms with van der Waals surface area (Å²) in [4.78, 5) is 0. The lowest BCUT2D eigenvalue weighted by Crippen LogP contribution is -2.17. The number of fused-ring (bicyclic) bond motifs is 18. The van der Waals surface area contributed by atoms with E-state index >= 15 is 0 Å². The van der Waals surface area contributed by atoms with Crippen LogP contribution in [0, 0.1) is 0 Å². The Balaban J connectivity index is 1.05. The van der Waals surface area contributed by atoms with Crippen LogP contribution in [0.1, 0.15) is 49.9 Å². The van der Waals surface area contributed by atoms with Gasteiger partial charge in [0.2, 0.25) is 0 Å². The summed E-state index contributed by atoms with van der Waals surface area (Å²) in [5.74, 6) is 0. The Kier molecular flexibility index (Phi) is 7.06. The largest absolute Gasteiger partial charge is 0.0616 e. The van der Waals surface area contributed by atoms with Gasteiger partial charge in [0.15, 0.2) is 0 Å². The summed E-state index contributed by atoms with van der Waals surface area (Å²) in [6.45, 7) is 9.82. The molecule has 0 heterocycles. The number of hydrogen-bond acceptors (Lipinski definition) is 0. The molecule has 0 aromatic heterocycles. The average molecular weight is 813 g/mol. The van der Waals surface area contributed by atoms with E-state index in [-0.39, 0.29) is 10.8 Å². The molecule has 0 spiro atoms. The Hall–Kier alpha value is -7.54. The normalized spacial score (nSPS) is 14.5. The topological polar surface area (TPSA) is 0 Å². The molecule has 0 atom stereocenters. The van der Waals surface area contributed by atoms with Crippen molar-refractivity contribution < 1.29 is 0 Å². The molecule has 64 heavy (non-hydrogen) atoms. The van der Waals surface area contributed by atoms with Crippen molar-refractivity contribution in [1.29, 1.82) is 0 Å². The van der Waals surface area contributed by atoms with Crippen molar-refractivity contribution in [1.82, 2.24) is 0 Å². The molecule has 0 N–H and O–H groups in total. The maximum absolute atomic E-state index is 2.61. The van der Waals surface area contributed by atoms with E-state index in [9.17, 15) is 0 Å². The predicted octanol–water partition coefficient (Wildman–Crippen LogP) is 17.7. The molecule has 12 aromatic carbocycles. The van der Waals surface area contributed by atoms with Gasteiger partial charge in [-0.25, -0.2) is 0 Å². The van der Waals surface area contributed by atoms with Crippen LogP contribution in [0.25, 0.3) is 120 Å². The van der Waals surface area contributed by atoms with Gasteiger partial charge in [0.25, 0.3) is 0 Å². The van der Waals surface area contributed by atoms with E-state index in [4.69, 9.17) is 0 Å². The summed E-state index contributed by atoms with van der Waals surface area (Å²) < 4.78 is 0. The summed E-state index contributed by atoms with van der Waals surface area (Å²) in [5, 5.41) is 18.3. The van der Waals surface area contributed by atoms with Crippen LogP contribution in [-0.2, 0) is 10.8 Å². The summed E-state index contributed by atoms with van der Waals surface area (Å²) in [7, 11) is 0. The van der Waals surface area contributed by atoms with Crippen molar-refractivity contribution in [3.8, 4) is 44.5 Å². The Morgan fingerprint density at radius 2 is 0.625 bits per heavy atom. The Morgan fingerprint density at radius 1 is 0.234 bits per heavy atom. The van der Waals surface area contributed by atoms with Crippen molar-refractivity contribution in [3.63, 3.8) is 0 Å². The minimum absolute atomic E-state index is 0.174. The van der Waals surface area contributed by atoms with E-state index in [2.05, 4.69) is 222 Å². The lowest BCUT2D eigenvalue weighted by molar-refractivity contribution is 0.652. The van der Waals surface area contributed by atoms with Crippen LogP contribution >= 0.6 is 0 Å². The molecule has 0 heteroatoms. The average Bonchev–Trinajstić information content (AvgIpc) is 3.70. The fourth-order valence-corrected chi connectivity index (χ4v) is 12.7. The van der Waals surface area contributed by atoms with Gasteiger partial charge in [0.1, 0.15) is 0 Å². The quantitative estimate of drug-likeness (QED) is 0.120. The Morgan fingerprint density at radius 3 is 1.22 bits per heavy atom. The summed E-state index contributed by atoms with van der Waals surface area (Å²) >= 11 is 0. The fraction of sp³-hybridized carbons (Fsp3) is 0.0938. The van der Waals surface area contributed by atoms with Gasteiger partial charge >= 0.3 is 0 Å². The number of rotatable bonds is 2. The third-order valence-electron chi connectivity index (χ3n) is 15.6. The van der Waals surface area contributed by atoms with E-state index in [0.717, 1.165) is 0 Å². The lowest BCUT2D eigenvalue weighted by Gasteiger charge is -2.25. The zero-order valence-corrected chi connectivity index (χ0v) is 36.5. The van der Waals surface area contributed by atoms with E-state index in [1.165, 1.54) is 142 Å². The van der Waals surface area contributed by atoms with E-state index in [0.29, 0.717) is 0 Å². The first-order chi connectivity index (χ1) is 31.3. The van der Waals surface area contributed by atoms with Crippen molar-refractivity contribution in [2.24, 2.45) is 0 Å². The van der Waals surface area contributed by atoms with Crippen LogP contribution in [0.2, 0.25) is 0 Å². The maximum atomic E-state index is 2.61. The van der Waals surface area contributed by atoms with Gasteiger partial charge in [-0.3, -0.25) is 0 Å². The van der Waals surface area contributed by atoms with Crippen LogP contribution in [0.5, 0.6) is 0 Å². The second kappa shape index (κ2) is 12.6. The molecule has 0 unspecified atom stereocenters. The third-order valence-corrected chi connectivity index (χ3v) is 15.6. The molecule has 0 fully saturated rings. The molecule has 2 aliphatic carbocycles. The monoisotopic (exact) mass is 812 g/mol. The fourth-order valence-electron chi connectivity index (χ4n) is 12.7. The molecule has 0 aliphatic heterocycles. The molecule has 0 amide bonds. The Labute approximate surface area is 373 Å². The first kappa shape index (κ1) is 36.0. The molecule has 14 rings (SSSR count). The van der Waals surface area contributed by atoms with Crippen LogP contribution < -0.4 is 0 Å². The van der Waals surface area contributed by atoms with Gasteiger partial charge in [-0.1, -0.05) is 204 Å². The molecule has 0 saturated heterocycles. The van der Waals surface area contributed by atoms with Crippen LogP contribution in [-0.4, -0.2) is 0 Å². The van der Waals surface area contributed by atoms with Crippen molar-refractivity contribution in [3.05, 3.63) is 216 Å². The third kappa shape index (κ3) is 4.53. The zero-order chi connectivity index (χ0) is 42.6. The molecule has 0 nitrogen and oxygen atoms in total. The number of benzene rings is 12. The van der Waals surface area contributed by atoms with Gasteiger partial charge < -0.3 is 0 Å². The SMILES string of the molecule is CC1(C)c2cc3c(cc2-c2c1cc(-c1c4ccccc4c(-c4cccc5ccccc45)c4ccccc14)c1ccccc21)C(C)(C)c1ccc2c4ccccc4c4ccccc4c2c1-3. The molecule has 0 radical (unpaired) electrons. The van der Waals surface area contributed by atoms with Gasteiger partial charge in [-0.15, -0.1) is 0 Å². The highest BCUT2D eigenvalue weighted by atomic mass is 14.5. The van der Waals surface area contributed by atoms with Gasteiger partial charge in [-0.2, -0.15) is 0 Å². The minimum Gasteiger partial charge on any atom is -0.0616 e. The maximum Gasteiger partial charge on any atom is 0.0159 e. The summed E-state index contributed by atoms with van der Waals surface area (Å²) in [6, 6.07) is 73.7. The highest BCUT2D eigenvalue weighted by Gasteiger charge is 2.43. The molecule has 300 valence electrons. The summed E-state index contributed by atoms with van der Waals surface area (Å²) in [6.07, 6.45) is 0. The smallest absolute Gasteiger partial charge is 0.0159 e. The van der Waals surface area contributed by atoms with Gasteiger partial charge in [0, 0.05) is 10.8 Å². The summed E-state index contributed by atoms with van der Waals surface area (Å²) in [5.41, 5.74) is 16.0. The van der Waals surface area contributed by atoms with Crippen LogP contribution in [0.3, 0.4) is 0 Å². The molecular formula is C64H44. The molecular weight excluding hydrogens is 769 g/mol. The second-order valence-corrected chi connectivity index (χ2v) is 19.5. The van der Waals surface area contributed by atoms with E-state index in [1.54, 1.807) is 0 Å².